The lowest BCUT2D eigenvalue weighted by Crippen LogP contribution is -2.01. The topological polar surface area (TPSA) is 79.5 Å². The van der Waals surface area contributed by atoms with Crippen LogP contribution < -0.4 is 14.2 Å². The van der Waals surface area contributed by atoms with E-state index >= 15 is 0 Å². The zero-order chi connectivity index (χ0) is 22.5. The molecule has 0 aliphatic rings. The van der Waals surface area contributed by atoms with E-state index in [0.29, 0.717) is 33.9 Å². The molecule has 11 heteroatoms. The molecule has 7 nitrogen and oxygen atoms in total. The molecule has 4 rings (SSSR count). The molecule has 166 valence electrons. The molecular weight excluding hydrogens is 460 g/mol. The first-order valence-corrected chi connectivity index (χ1v) is 11.1. The van der Waals surface area contributed by atoms with Crippen molar-refractivity contribution in [1.82, 2.24) is 15.2 Å². The summed E-state index contributed by atoms with van der Waals surface area (Å²) in [5, 5.41) is 11.2. The fraction of sp³-hybridized carbons (Fsp3) is 0.190. The van der Waals surface area contributed by atoms with Crippen LogP contribution in [0.25, 0.3) is 22.0 Å². The minimum Gasteiger partial charge on any atom is -0.493 e. The van der Waals surface area contributed by atoms with Gasteiger partial charge in [-0.25, -0.2) is 4.98 Å². The number of halogens is 2. The number of benzene rings is 2. The molecule has 2 heterocycles. The van der Waals surface area contributed by atoms with Crippen LogP contribution in [-0.4, -0.2) is 36.0 Å². The van der Waals surface area contributed by atoms with Crippen LogP contribution in [0.4, 0.5) is 8.78 Å². The molecule has 0 aliphatic carbocycles. The highest BCUT2D eigenvalue weighted by Gasteiger charge is 2.13. The normalized spacial score (nSPS) is 11.0. The quantitative estimate of drug-likeness (QED) is 0.281. The Morgan fingerprint density at radius 1 is 1.00 bits per heavy atom. The Bertz CT molecular complexity index is 1180. The molecule has 0 atom stereocenters. The molecule has 2 aromatic carbocycles. The molecule has 32 heavy (non-hydrogen) atoms. The lowest BCUT2D eigenvalue weighted by atomic mass is 10.2. The van der Waals surface area contributed by atoms with Gasteiger partial charge in [0.15, 0.2) is 11.5 Å². The molecule has 2 aromatic heterocycles. The van der Waals surface area contributed by atoms with Gasteiger partial charge in [0.05, 0.1) is 19.9 Å². The summed E-state index contributed by atoms with van der Waals surface area (Å²) in [5.41, 5.74) is 2.41. The summed E-state index contributed by atoms with van der Waals surface area (Å²) in [6.07, 6.45) is 0. The number of hydrogen-bond donors (Lipinski definition) is 0. The van der Waals surface area contributed by atoms with Crippen molar-refractivity contribution < 1.29 is 27.4 Å². The van der Waals surface area contributed by atoms with Gasteiger partial charge >= 0.3 is 6.61 Å². The molecule has 0 aliphatic heterocycles. The molecule has 4 aromatic rings. The summed E-state index contributed by atoms with van der Waals surface area (Å²) in [6, 6.07) is 11.7. The van der Waals surface area contributed by atoms with Gasteiger partial charge in [0.1, 0.15) is 10.8 Å². The number of rotatable bonds is 9. The summed E-state index contributed by atoms with van der Waals surface area (Å²) < 4.78 is 45.1. The third-order valence-corrected chi connectivity index (χ3v) is 6.05. The number of hydrogen-bond acceptors (Lipinski definition) is 9. The maximum Gasteiger partial charge on any atom is 0.387 e. The number of thiazole rings is 1. The van der Waals surface area contributed by atoms with Crippen LogP contribution >= 0.6 is 23.1 Å². The summed E-state index contributed by atoms with van der Waals surface area (Å²) in [6.45, 7) is -2.87. The number of alkyl halides is 2. The van der Waals surface area contributed by atoms with Gasteiger partial charge in [-0.1, -0.05) is 11.8 Å². The van der Waals surface area contributed by atoms with Gasteiger partial charge in [-0.2, -0.15) is 8.78 Å². The molecule has 0 radical (unpaired) electrons. The van der Waals surface area contributed by atoms with E-state index in [-0.39, 0.29) is 5.75 Å². The van der Waals surface area contributed by atoms with Crippen LogP contribution in [0.2, 0.25) is 0 Å². The van der Waals surface area contributed by atoms with Gasteiger partial charge < -0.3 is 18.6 Å². The van der Waals surface area contributed by atoms with Crippen LogP contribution in [0.3, 0.4) is 0 Å². The highest BCUT2D eigenvalue weighted by atomic mass is 32.2. The van der Waals surface area contributed by atoms with Gasteiger partial charge in [0.25, 0.3) is 5.22 Å². The third-order valence-electron chi connectivity index (χ3n) is 4.26. The SMILES string of the molecule is COc1ccc(-c2nc(CSc3nnc(-c4ccc(OC(F)F)cc4)o3)cs2)cc1OC. The molecule has 0 bridgehead atoms. The monoisotopic (exact) mass is 477 g/mol. The van der Waals surface area contributed by atoms with E-state index in [1.165, 1.54) is 35.2 Å². The Balaban J connectivity index is 1.39. The average molecular weight is 478 g/mol. The first-order valence-electron chi connectivity index (χ1n) is 9.24. The fourth-order valence-corrected chi connectivity index (χ4v) is 4.35. The van der Waals surface area contributed by atoms with Gasteiger partial charge in [-0.3, -0.25) is 0 Å². The van der Waals surface area contributed by atoms with E-state index in [0.717, 1.165) is 16.3 Å². The van der Waals surface area contributed by atoms with Crippen LogP contribution in [0, 0.1) is 0 Å². The predicted molar refractivity (Wildman–Crippen MR) is 117 cm³/mol. The third kappa shape index (κ3) is 5.17. The highest BCUT2D eigenvalue weighted by Crippen LogP contribution is 2.34. The van der Waals surface area contributed by atoms with E-state index in [1.54, 1.807) is 26.4 Å². The average Bonchev–Trinajstić information content (AvgIpc) is 3.47. The first-order chi connectivity index (χ1) is 15.6. The number of ether oxygens (including phenoxy) is 3. The van der Waals surface area contributed by atoms with Crippen LogP contribution in [-0.2, 0) is 5.75 Å². The second-order valence-electron chi connectivity index (χ2n) is 6.28. The van der Waals surface area contributed by atoms with Crippen molar-refractivity contribution in [3.8, 4) is 39.3 Å². The van der Waals surface area contributed by atoms with Crippen molar-refractivity contribution in [2.24, 2.45) is 0 Å². The minimum absolute atomic E-state index is 0.0617. The highest BCUT2D eigenvalue weighted by molar-refractivity contribution is 7.98. The van der Waals surface area contributed by atoms with Crippen LogP contribution in [0.15, 0.2) is 57.5 Å². The lowest BCUT2D eigenvalue weighted by Gasteiger charge is -2.08. The van der Waals surface area contributed by atoms with Crippen molar-refractivity contribution in [3.05, 3.63) is 53.5 Å². The first kappa shape index (κ1) is 22.0. The van der Waals surface area contributed by atoms with E-state index < -0.39 is 6.61 Å². The lowest BCUT2D eigenvalue weighted by molar-refractivity contribution is -0.0498. The summed E-state index contributed by atoms with van der Waals surface area (Å²) in [4.78, 5) is 4.66. The van der Waals surface area contributed by atoms with Crippen LogP contribution in [0.5, 0.6) is 17.2 Å². The number of aromatic nitrogens is 3. The smallest absolute Gasteiger partial charge is 0.387 e. The Morgan fingerprint density at radius 3 is 2.47 bits per heavy atom. The fourth-order valence-electron chi connectivity index (χ4n) is 2.77. The molecule has 0 unspecified atom stereocenters. The number of methoxy groups -OCH3 is 2. The van der Waals surface area contributed by atoms with Gasteiger partial charge in [-0.15, -0.1) is 21.5 Å². The minimum atomic E-state index is -2.87. The molecule has 0 amide bonds. The maximum atomic E-state index is 12.3. The van der Waals surface area contributed by atoms with Crippen LogP contribution in [0.1, 0.15) is 5.69 Å². The Kier molecular flexibility index (Phi) is 6.86. The number of nitrogens with zero attached hydrogens (tertiary/aromatic N) is 3. The Labute approximate surface area is 190 Å². The van der Waals surface area contributed by atoms with Crippen molar-refractivity contribution >= 4 is 23.1 Å². The van der Waals surface area contributed by atoms with Crippen molar-refractivity contribution in [2.75, 3.05) is 14.2 Å². The Morgan fingerprint density at radius 2 is 1.75 bits per heavy atom. The molecule has 0 spiro atoms. The van der Waals surface area contributed by atoms with E-state index in [2.05, 4.69) is 19.9 Å². The molecule has 0 saturated carbocycles. The van der Waals surface area contributed by atoms with Crippen molar-refractivity contribution in [3.63, 3.8) is 0 Å². The summed E-state index contributed by atoms with van der Waals surface area (Å²) in [7, 11) is 3.19. The summed E-state index contributed by atoms with van der Waals surface area (Å²) in [5.74, 6) is 2.20. The van der Waals surface area contributed by atoms with E-state index in [4.69, 9.17) is 13.9 Å². The zero-order valence-corrected chi connectivity index (χ0v) is 18.6. The molecular formula is C21H17F2N3O4S2. The predicted octanol–water partition coefficient (Wildman–Crippen LogP) is 5.77. The van der Waals surface area contributed by atoms with Gasteiger partial charge in [0, 0.05) is 22.3 Å². The largest absolute Gasteiger partial charge is 0.493 e. The second kappa shape index (κ2) is 9.96. The van der Waals surface area contributed by atoms with E-state index in [9.17, 15) is 8.78 Å². The number of thioether (sulfide) groups is 1. The Hall–Kier alpha value is -3.18. The zero-order valence-electron chi connectivity index (χ0n) is 17.0. The standard InChI is InChI=1S/C21H17F2N3O4S2/c1-27-16-8-5-13(9-17(16)28-2)19-24-14(10-31-19)11-32-21-26-25-18(30-21)12-3-6-15(7-4-12)29-20(22)23/h3-10,20H,11H2,1-2H3. The van der Waals surface area contributed by atoms with Gasteiger partial charge in [-0.05, 0) is 42.5 Å². The molecule has 0 N–H and O–H groups in total. The van der Waals surface area contributed by atoms with Crippen molar-refractivity contribution in [1.29, 1.82) is 0 Å². The molecule has 0 saturated heterocycles. The maximum absolute atomic E-state index is 12.3. The second-order valence-corrected chi connectivity index (χ2v) is 8.06. The van der Waals surface area contributed by atoms with Gasteiger partial charge in [0.2, 0.25) is 5.89 Å². The molecule has 0 fully saturated rings. The van der Waals surface area contributed by atoms with E-state index in [1.807, 2.05) is 23.6 Å². The summed E-state index contributed by atoms with van der Waals surface area (Å²) >= 11 is 2.88. The van der Waals surface area contributed by atoms with Crippen molar-refractivity contribution in [2.45, 2.75) is 17.6 Å².